The molecule has 0 aromatic carbocycles. The first-order chi connectivity index (χ1) is 16.9. The SMILES string of the molecule is CCCCCCCCCCCCOCC(CN1CCCC1)OCCCCCCCCCCCC. The van der Waals surface area contributed by atoms with Crippen molar-refractivity contribution in [3.8, 4) is 0 Å². The molecule has 0 spiro atoms. The second kappa shape index (κ2) is 26.0. The third kappa shape index (κ3) is 21.2. The van der Waals surface area contributed by atoms with E-state index in [0.717, 1.165) is 26.4 Å². The largest absolute Gasteiger partial charge is 0.379 e. The number of ether oxygens (including phenoxy) is 2. The van der Waals surface area contributed by atoms with Gasteiger partial charge in [-0.1, -0.05) is 129 Å². The van der Waals surface area contributed by atoms with Crippen molar-refractivity contribution in [2.24, 2.45) is 0 Å². The van der Waals surface area contributed by atoms with Crippen LogP contribution in [0.25, 0.3) is 0 Å². The van der Waals surface area contributed by atoms with E-state index in [1.165, 1.54) is 154 Å². The zero-order chi connectivity index (χ0) is 24.4. The normalized spacial score (nSPS) is 15.4. The summed E-state index contributed by atoms with van der Waals surface area (Å²) in [7, 11) is 0. The third-order valence-corrected chi connectivity index (χ3v) is 7.46. The zero-order valence-corrected chi connectivity index (χ0v) is 23.6. The minimum Gasteiger partial charge on any atom is -0.379 e. The summed E-state index contributed by atoms with van der Waals surface area (Å²) in [4.78, 5) is 2.58. The fraction of sp³-hybridized carbons (Fsp3) is 1.00. The molecule has 1 aliphatic heterocycles. The monoisotopic (exact) mass is 481 g/mol. The lowest BCUT2D eigenvalue weighted by Crippen LogP contribution is -2.35. The van der Waals surface area contributed by atoms with Crippen molar-refractivity contribution >= 4 is 0 Å². The van der Waals surface area contributed by atoms with E-state index in [-0.39, 0.29) is 6.10 Å². The lowest BCUT2D eigenvalue weighted by molar-refractivity contribution is -0.0316. The van der Waals surface area contributed by atoms with Crippen LogP contribution in [0.2, 0.25) is 0 Å². The molecule has 204 valence electrons. The maximum atomic E-state index is 6.31. The molecule has 0 aliphatic carbocycles. The van der Waals surface area contributed by atoms with E-state index in [1.807, 2.05) is 0 Å². The van der Waals surface area contributed by atoms with Gasteiger partial charge in [-0.15, -0.1) is 0 Å². The summed E-state index contributed by atoms with van der Waals surface area (Å²) < 4.78 is 12.4. The smallest absolute Gasteiger partial charge is 0.0934 e. The van der Waals surface area contributed by atoms with Crippen LogP contribution in [0.3, 0.4) is 0 Å². The molecular formula is C31H63NO2. The van der Waals surface area contributed by atoms with E-state index in [9.17, 15) is 0 Å². The van der Waals surface area contributed by atoms with E-state index in [4.69, 9.17) is 9.47 Å². The van der Waals surface area contributed by atoms with E-state index in [0.29, 0.717) is 0 Å². The second-order valence-corrected chi connectivity index (χ2v) is 10.9. The molecule has 1 rings (SSSR count). The van der Waals surface area contributed by atoms with Gasteiger partial charge in [0.05, 0.1) is 12.7 Å². The van der Waals surface area contributed by atoms with E-state index >= 15 is 0 Å². The first kappa shape index (κ1) is 31.9. The van der Waals surface area contributed by atoms with Gasteiger partial charge in [-0.05, 0) is 38.8 Å². The molecule has 0 aromatic heterocycles. The van der Waals surface area contributed by atoms with Gasteiger partial charge in [-0.3, -0.25) is 0 Å². The molecule has 0 saturated carbocycles. The summed E-state index contributed by atoms with van der Waals surface area (Å²) >= 11 is 0. The Labute approximate surface area is 215 Å². The molecule has 0 aromatic rings. The Morgan fingerprint density at radius 2 is 0.941 bits per heavy atom. The molecule has 0 bridgehead atoms. The van der Waals surface area contributed by atoms with E-state index < -0.39 is 0 Å². The molecule has 1 heterocycles. The molecular weight excluding hydrogens is 418 g/mol. The maximum Gasteiger partial charge on any atom is 0.0934 e. The second-order valence-electron chi connectivity index (χ2n) is 10.9. The first-order valence-corrected chi connectivity index (χ1v) is 15.8. The fourth-order valence-electron chi connectivity index (χ4n) is 5.15. The maximum absolute atomic E-state index is 6.31. The Hall–Kier alpha value is -0.120. The van der Waals surface area contributed by atoms with Crippen LogP contribution in [0.5, 0.6) is 0 Å². The van der Waals surface area contributed by atoms with E-state index in [1.54, 1.807) is 0 Å². The predicted octanol–water partition coefficient (Wildman–Crippen LogP) is 9.33. The molecule has 0 amide bonds. The number of likely N-dealkylation sites (tertiary alicyclic amines) is 1. The molecule has 1 unspecified atom stereocenters. The Bertz CT molecular complexity index is 384. The summed E-state index contributed by atoms with van der Waals surface area (Å²) in [5.74, 6) is 0. The molecule has 0 radical (unpaired) electrons. The van der Waals surface area contributed by atoms with Gasteiger partial charge in [-0.25, -0.2) is 0 Å². The van der Waals surface area contributed by atoms with Crippen molar-refractivity contribution in [2.45, 2.75) is 161 Å². The highest BCUT2D eigenvalue weighted by Gasteiger charge is 2.18. The molecule has 1 saturated heterocycles. The summed E-state index contributed by atoms with van der Waals surface area (Å²) in [6.07, 6.45) is 30.6. The van der Waals surface area contributed by atoms with Crippen LogP contribution in [0.1, 0.15) is 155 Å². The van der Waals surface area contributed by atoms with Crippen LogP contribution in [0, 0.1) is 0 Å². The lowest BCUT2D eigenvalue weighted by atomic mass is 10.1. The van der Waals surface area contributed by atoms with Gasteiger partial charge in [0.25, 0.3) is 0 Å². The Kier molecular flexibility index (Phi) is 24.4. The van der Waals surface area contributed by atoms with Gasteiger partial charge in [0.2, 0.25) is 0 Å². The van der Waals surface area contributed by atoms with Gasteiger partial charge in [-0.2, -0.15) is 0 Å². The molecule has 1 fully saturated rings. The zero-order valence-electron chi connectivity index (χ0n) is 23.6. The van der Waals surface area contributed by atoms with Crippen molar-refractivity contribution in [2.75, 3.05) is 39.5 Å². The predicted molar refractivity (Wildman–Crippen MR) is 150 cm³/mol. The number of nitrogens with zero attached hydrogens (tertiary/aromatic N) is 1. The third-order valence-electron chi connectivity index (χ3n) is 7.46. The molecule has 3 nitrogen and oxygen atoms in total. The highest BCUT2D eigenvalue weighted by atomic mass is 16.5. The molecule has 0 N–H and O–H groups in total. The summed E-state index contributed by atoms with van der Waals surface area (Å²) in [5.41, 5.74) is 0. The summed E-state index contributed by atoms with van der Waals surface area (Å²) in [6.45, 7) is 10.8. The standard InChI is InChI=1S/C31H63NO2/c1-3-5-7-9-11-13-15-17-19-23-27-33-30-31(29-32-25-21-22-26-32)34-28-24-20-18-16-14-12-10-8-6-4-2/h31H,3-30H2,1-2H3. The minimum atomic E-state index is 0.264. The van der Waals surface area contributed by atoms with Crippen LogP contribution in [-0.4, -0.2) is 50.5 Å². The Morgan fingerprint density at radius 1 is 0.529 bits per heavy atom. The number of rotatable bonds is 27. The van der Waals surface area contributed by atoms with Crippen LogP contribution in [0.15, 0.2) is 0 Å². The van der Waals surface area contributed by atoms with Crippen molar-refractivity contribution in [3.63, 3.8) is 0 Å². The van der Waals surface area contributed by atoms with Crippen LogP contribution < -0.4 is 0 Å². The number of unbranched alkanes of at least 4 members (excludes halogenated alkanes) is 18. The van der Waals surface area contributed by atoms with Gasteiger partial charge >= 0.3 is 0 Å². The molecule has 1 aliphatic rings. The molecule has 1 atom stereocenters. The van der Waals surface area contributed by atoms with Gasteiger partial charge < -0.3 is 14.4 Å². The Morgan fingerprint density at radius 3 is 1.41 bits per heavy atom. The van der Waals surface area contributed by atoms with Crippen molar-refractivity contribution in [1.29, 1.82) is 0 Å². The van der Waals surface area contributed by atoms with Crippen LogP contribution >= 0.6 is 0 Å². The molecule has 34 heavy (non-hydrogen) atoms. The minimum absolute atomic E-state index is 0.264. The lowest BCUT2D eigenvalue weighted by Gasteiger charge is -2.24. The quantitative estimate of drug-likeness (QED) is 0.109. The summed E-state index contributed by atoms with van der Waals surface area (Å²) in [6, 6.07) is 0. The Balaban J connectivity index is 1.98. The van der Waals surface area contributed by atoms with Crippen LogP contribution in [-0.2, 0) is 9.47 Å². The highest BCUT2D eigenvalue weighted by molar-refractivity contribution is 4.71. The van der Waals surface area contributed by atoms with Crippen molar-refractivity contribution in [3.05, 3.63) is 0 Å². The average Bonchev–Trinajstić information content (AvgIpc) is 3.36. The van der Waals surface area contributed by atoms with E-state index in [2.05, 4.69) is 18.7 Å². The van der Waals surface area contributed by atoms with Gasteiger partial charge in [0.1, 0.15) is 0 Å². The topological polar surface area (TPSA) is 21.7 Å². The van der Waals surface area contributed by atoms with Gasteiger partial charge in [0.15, 0.2) is 0 Å². The number of hydrogen-bond donors (Lipinski definition) is 0. The van der Waals surface area contributed by atoms with Gasteiger partial charge in [0, 0.05) is 19.8 Å². The average molecular weight is 482 g/mol. The number of hydrogen-bond acceptors (Lipinski definition) is 3. The molecule has 3 heteroatoms. The summed E-state index contributed by atoms with van der Waals surface area (Å²) in [5, 5.41) is 0. The van der Waals surface area contributed by atoms with Crippen LogP contribution in [0.4, 0.5) is 0 Å². The first-order valence-electron chi connectivity index (χ1n) is 15.8. The highest BCUT2D eigenvalue weighted by Crippen LogP contribution is 2.13. The van der Waals surface area contributed by atoms with Crippen molar-refractivity contribution in [1.82, 2.24) is 4.90 Å². The fourth-order valence-corrected chi connectivity index (χ4v) is 5.15. The van der Waals surface area contributed by atoms with Crippen molar-refractivity contribution < 1.29 is 9.47 Å².